The van der Waals surface area contributed by atoms with Crippen molar-refractivity contribution in [2.24, 2.45) is 0 Å². The third-order valence-corrected chi connectivity index (χ3v) is 3.03. The van der Waals surface area contributed by atoms with Crippen LogP contribution < -0.4 is 5.32 Å². The maximum Gasteiger partial charge on any atom is 0.0615 e. The minimum absolute atomic E-state index is 0.479. The monoisotopic (exact) mass is 199 g/mol. The van der Waals surface area contributed by atoms with Gasteiger partial charge in [0.25, 0.3) is 0 Å². The Morgan fingerprint density at radius 2 is 2.46 bits per heavy atom. The highest BCUT2D eigenvalue weighted by Crippen LogP contribution is 2.11. The van der Waals surface area contributed by atoms with Crippen molar-refractivity contribution < 1.29 is 4.74 Å². The lowest BCUT2D eigenvalue weighted by Gasteiger charge is -2.13. The third kappa shape index (κ3) is 3.89. The van der Waals surface area contributed by atoms with E-state index in [0.29, 0.717) is 6.04 Å². The highest BCUT2D eigenvalue weighted by Gasteiger charge is 2.05. The summed E-state index contributed by atoms with van der Waals surface area (Å²) in [6.07, 6.45) is 2.29. The van der Waals surface area contributed by atoms with Crippen molar-refractivity contribution in [1.82, 2.24) is 5.32 Å². The van der Waals surface area contributed by atoms with Crippen LogP contribution in [0.1, 0.15) is 11.3 Å². The molecule has 1 unspecified atom stereocenters. The van der Waals surface area contributed by atoms with Crippen molar-refractivity contribution in [2.45, 2.75) is 18.9 Å². The van der Waals surface area contributed by atoms with Gasteiger partial charge in [0.1, 0.15) is 0 Å². The lowest BCUT2D eigenvalue weighted by atomic mass is 10.1. The molecule has 0 aromatic carbocycles. The summed E-state index contributed by atoms with van der Waals surface area (Å²) >= 11 is 1.82. The predicted octanol–water partition coefficient (Wildman–Crippen LogP) is 1.92. The van der Waals surface area contributed by atoms with Crippen LogP contribution in [0.4, 0.5) is 0 Å². The topological polar surface area (TPSA) is 21.3 Å². The Morgan fingerprint density at radius 1 is 1.62 bits per heavy atom. The molecular formula is C10H17NOS. The van der Waals surface area contributed by atoms with Crippen LogP contribution in [0.15, 0.2) is 17.5 Å². The molecule has 0 radical (unpaired) electrons. The Hall–Kier alpha value is -0.380. The summed E-state index contributed by atoms with van der Waals surface area (Å²) in [6.45, 7) is 0.794. The fourth-order valence-corrected chi connectivity index (χ4v) is 2.01. The number of thiophene rings is 1. The van der Waals surface area contributed by atoms with Crippen molar-refractivity contribution >= 4 is 11.3 Å². The van der Waals surface area contributed by atoms with Crippen LogP contribution in [-0.4, -0.2) is 26.8 Å². The van der Waals surface area contributed by atoms with Crippen molar-refractivity contribution in [3.63, 3.8) is 0 Å². The van der Waals surface area contributed by atoms with Crippen molar-refractivity contribution in [1.29, 1.82) is 0 Å². The average molecular weight is 199 g/mol. The number of aryl methyl sites for hydroxylation is 1. The minimum Gasteiger partial charge on any atom is -0.383 e. The van der Waals surface area contributed by atoms with Gasteiger partial charge in [0.05, 0.1) is 6.61 Å². The second-order valence-electron chi connectivity index (χ2n) is 3.06. The van der Waals surface area contributed by atoms with Crippen LogP contribution in [0, 0.1) is 0 Å². The van der Waals surface area contributed by atoms with E-state index in [-0.39, 0.29) is 0 Å². The molecule has 0 saturated heterocycles. The van der Waals surface area contributed by atoms with E-state index in [0.717, 1.165) is 19.4 Å². The molecule has 1 heterocycles. The fourth-order valence-electron chi connectivity index (χ4n) is 1.28. The van der Waals surface area contributed by atoms with Crippen LogP contribution in [0.25, 0.3) is 0 Å². The predicted molar refractivity (Wildman–Crippen MR) is 57.4 cm³/mol. The largest absolute Gasteiger partial charge is 0.383 e. The lowest BCUT2D eigenvalue weighted by Crippen LogP contribution is -2.30. The van der Waals surface area contributed by atoms with Gasteiger partial charge >= 0.3 is 0 Å². The summed E-state index contributed by atoms with van der Waals surface area (Å²) in [4.78, 5) is 1.45. The first-order valence-corrected chi connectivity index (χ1v) is 5.43. The summed E-state index contributed by atoms with van der Waals surface area (Å²) in [5.74, 6) is 0. The zero-order valence-electron chi connectivity index (χ0n) is 8.25. The Bertz CT molecular complexity index is 211. The molecule has 0 saturated carbocycles. The molecule has 2 nitrogen and oxygen atoms in total. The summed E-state index contributed by atoms with van der Waals surface area (Å²) in [6, 6.07) is 4.77. The van der Waals surface area contributed by atoms with Crippen molar-refractivity contribution in [3.8, 4) is 0 Å². The molecule has 0 aliphatic heterocycles. The fraction of sp³-hybridized carbons (Fsp3) is 0.600. The highest BCUT2D eigenvalue weighted by molar-refractivity contribution is 7.09. The summed E-state index contributed by atoms with van der Waals surface area (Å²) in [5.41, 5.74) is 0. The Kier molecular flexibility index (Phi) is 5.05. The van der Waals surface area contributed by atoms with Gasteiger partial charge in [0, 0.05) is 18.0 Å². The van der Waals surface area contributed by atoms with E-state index in [2.05, 4.69) is 22.8 Å². The van der Waals surface area contributed by atoms with Gasteiger partial charge in [0.15, 0.2) is 0 Å². The molecule has 1 aromatic heterocycles. The smallest absolute Gasteiger partial charge is 0.0615 e. The Balaban J connectivity index is 2.23. The first-order valence-electron chi connectivity index (χ1n) is 4.55. The second kappa shape index (κ2) is 6.13. The SMILES string of the molecule is CNC(CCc1cccs1)COC. The van der Waals surface area contributed by atoms with Crippen molar-refractivity contribution in [3.05, 3.63) is 22.4 Å². The van der Waals surface area contributed by atoms with Gasteiger partial charge in [-0.15, -0.1) is 11.3 Å². The third-order valence-electron chi connectivity index (χ3n) is 2.10. The molecule has 0 aliphatic rings. The van der Waals surface area contributed by atoms with E-state index < -0.39 is 0 Å². The van der Waals surface area contributed by atoms with Crippen LogP contribution in [0.2, 0.25) is 0 Å². The van der Waals surface area contributed by atoms with Crippen LogP contribution in [0.3, 0.4) is 0 Å². The summed E-state index contributed by atoms with van der Waals surface area (Å²) < 4.78 is 5.11. The molecule has 0 spiro atoms. The van der Waals surface area contributed by atoms with Crippen molar-refractivity contribution in [2.75, 3.05) is 20.8 Å². The number of hydrogen-bond acceptors (Lipinski definition) is 3. The zero-order chi connectivity index (χ0) is 9.52. The second-order valence-corrected chi connectivity index (χ2v) is 4.09. The van der Waals surface area contributed by atoms with E-state index in [1.807, 2.05) is 18.4 Å². The van der Waals surface area contributed by atoms with Gasteiger partial charge in [-0.2, -0.15) is 0 Å². The van der Waals surface area contributed by atoms with Gasteiger partial charge < -0.3 is 10.1 Å². The molecule has 0 fully saturated rings. The number of ether oxygens (including phenoxy) is 1. The van der Waals surface area contributed by atoms with Gasteiger partial charge in [-0.05, 0) is 31.3 Å². The molecule has 13 heavy (non-hydrogen) atoms. The highest BCUT2D eigenvalue weighted by atomic mass is 32.1. The van der Waals surface area contributed by atoms with E-state index in [9.17, 15) is 0 Å². The quantitative estimate of drug-likeness (QED) is 0.755. The molecule has 1 atom stereocenters. The number of rotatable bonds is 6. The van der Waals surface area contributed by atoms with Gasteiger partial charge in [-0.25, -0.2) is 0 Å². The number of likely N-dealkylation sites (N-methyl/N-ethyl adjacent to an activating group) is 1. The minimum atomic E-state index is 0.479. The van der Waals surface area contributed by atoms with Gasteiger partial charge in [-0.1, -0.05) is 6.07 Å². The maximum atomic E-state index is 5.11. The number of nitrogens with one attached hydrogen (secondary N) is 1. The van der Waals surface area contributed by atoms with E-state index in [1.165, 1.54) is 4.88 Å². The molecule has 1 N–H and O–H groups in total. The molecule has 74 valence electrons. The molecule has 0 bridgehead atoms. The molecule has 0 amide bonds. The molecule has 0 aliphatic carbocycles. The normalized spacial score (nSPS) is 13.1. The Labute approximate surface area is 83.9 Å². The molecule has 1 rings (SSSR count). The summed E-state index contributed by atoms with van der Waals surface area (Å²) in [5, 5.41) is 5.37. The van der Waals surface area contributed by atoms with E-state index in [1.54, 1.807) is 7.11 Å². The van der Waals surface area contributed by atoms with Crippen LogP contribution in [0.5, 0.6) is 0 Å². The first kappa shape index (κ1) is 10.7. The standard InChI is InChI=1S/C10H17NOS/c1-11-9(8-12-2)5-6-10-4-3-7-13-10/h3-4,7,9,11H,5-6,8H2,1-2H3. The molecule has 1 aromatic rings. The zero-order valence-corrected chi connectivity index (χ0v) is 9.06. The molecular weight excluding hydrogens is 182 g/mol. The van der Waals surface area contributed by atoms with Gasteiger partial charge in [-0.3, -0.25) is 0 Å². The van der Waals surface area contributed by atoms with Crippen LogP contribution >= 0.6 is 11.3 Å². The van der Waals surface area contributed by atoms with E-state index >= 15 is 0 Å². The number of hydrogen-bond donors (Lipinski definition) is 1. The van der Waals surface area contributed by atoms with Gasteiger partial charge in [0.2, 0.25) is 0 Å². The number of methoxy groups -OCH3 is 1. The Morgan fingerprint density at radius 3 is 3.00 bits per heavy atom. The van der Waals surface area contributed by atoms with Crippen LogP contribution in [-0.2, 0) is 11.2 Å². The average Bonchev–Trinajstić information content (AvgIpc) is 2.64. The lowest BCUT2D eigenvalue weighted by molar-refractivity contribution is 0.166. The summed E-state index contributed by atoms with van der Waals surface area (Å²) in [7, 11) is 3.73. The first-order chi connectivity index (χ1) is 6.36. The maximum absolute atomic E-state index is 5.11. The molecule has 3 heteroatoms. The van der Waals surface area contributed by atoms with E-state index in [4.69, 9.17) is 4.74 Å².